The number of carbonyl (C=O) groups is 2. The molecule has 0 bridgehead atoms. The Balaban J connectivity index is 2.60. The van der Waals surface area contributed by atoms with Crippen molar-refractivity contribution in [1.82, 2.24) is 4.90 Å². The number of anilines is 1. The second-order valence-corrected chi connectivity index (χ2v) is 5.22. The molecule has 116 valence electrons. The van der Waals surface area contributed by atoms with E-state index in [1.165, 1.54) is 0 Å². The van der Waals surface area contributed by atoms with Crippen molar-refractivity contribution >= 4 is 29.3 Å². The lowest BCUT2D eigenvalue weighted by Gasteiger charge is -2.26. The molecule has 0 aromatic heterocycles. The first kappa shape index (κ1) is 17.3. The molecule has 0 heterocycles. The Morgan fingerprint density at radius 2 is 1.90 bits per heavy atom. The summed E-state index contributed by atoms with van der Waals surface area (Å²) in [5, 5.41) is 3.39. The Labute approximate surface area is 130 Å². The van der Waals surface area contributed by atoms with E-state index in [1.54, 1.807) is 36.1 Å². The molecule has 1 aromatic carbocycles. The molecule has 0 radical (unpaired) electrons. The van der Waals surface area contributed by atoms with Gasteiger partial charge in [0.2, 0.25) is 0 Å². The van der Waals surface area contributed by atoms with E-state index >= 15 is 0 Å². The Kier molecular flexibility index (Phi) is 7.02. The van der Waals surface area contributed by atoms with Crippen LogP contribution in [0.4, 0.5) is 10.5 Å². The van der Waals surface area contributed by atoms with E-state index < -0.39 is 0 Å². The number of nitrogens with one attached hydrogen (secondary N) is 1. The van der Waals surface area contributed by atoms with Crippen LogP contribution in [0.2, 0.25) is 5.02 Å². The monoisotopic (exact) mass is 312 g/mol. The summed E-state index contributed by atoms with van der Waals surface area (Å²) in [5.74, 6) is -0.303. The highest BCUT2D eigenvalue weighted by Crippen LogP contribution is 2.14. The van der Waals surface area contributed by atoms with E-state index in [9.17, 15) is 9.59 Å². The number of hydrogen-bond acceptors (Lipinski definition) is 3. The Bertz CT molecular complexity index is 474. The van der Waals surface area contributed by atoms with E-state index in [-0.39, 0.29) is 24.5 Å². The molecule has 0 atom stereocenters. The number of rotatable bonds is 6. The minimum Gasteiger partial charge on any atom is -0.466 e. The van der Waals surface area contributed by atoms with Gasteiger partial charge in [-0.1, -0.05) is 11.6 Å². The van der Waals surface area contributed by atoms with Gasteiger partial charge in [0.05, 0.1) is 13.0 Å². The van der Waals surface area contributed by atoms with Crippen LogP contribution in [0.3, 0.4) is 0 Å². The number of nitrogens with zero attached hydrogens (tertiary/aromatic N) is 1. The molecule has 0 unspecified atom stereocenters. The molecule has 21 heavy (non-hydrogen) atoms. The summed E-state index contributed by atoms with van der Waals surface area (Å²) in [6, 6.07) is 6.59. The smallest absolute Gasteiger partial charge is 0.322 e. The largest absolute Gasteiger partial charge is 0.466 e. The van der Waals surface area contributed by atoms with Crippen LogP contribution in [0.5, 0.6) is 0 Å². The highest BCUT2D eigenvalue weighted by Gasteiger charge is 2.18. The van der Waals surface area contributed by atoms with Gasteiger partial charge in [-0.05, 0) is 45.0 Å². The molecule has 0 spiro atoms. The molecule has 0 fully saturated rings. The topological polar surface area (TPSA) is 58.6 Å². The van der Waals surface area contributed by atoms with Gasteiger partial charge in [-0.3, -0.25) is 4.79 Å². The van der Waals surface area contributed by atoms with Gasteiger partial charge in [-0.15, -0.1) is 0 Å². The van der Waals surface area contributed by atoms with Crippen LogP contribution in [-0.2, 0) is 9.53 Å². The van der Waals surface area contributed by atoms with E-state index in [4.69, 9.17) is 16.3 Å². The predicted octanol–water partition coefficient (Wildman–Crippen LogP) is 3.54. The first-order chi connectivity index (χ1) is 9.93. The van der Waals surface area contributed by atoms with Gasteiger partial charge in [-0.25, -0.2) is 4.79 Å². The summed E-state index contributed by atoms with van der Waals surface area (Å²) >= 11 is 5.80. The zero-order valence-corrected chi connectivity index (χ0v) is 13.3. The third-order valence-corrected chi connectivity index (χ3v) is 3.09. The van der Waals surface area contributed by atoms with Crippen molar-refractivity contribution < 1.29 is 14.3 Å². The van der Waals surface area contributed by atoms with Crippen molar-refractivity contribution in [2.24, 2.45) is 0 Å². The molecule has 0 saturated heterocycles. The summed E-state index contributed by atoms with van der Waals surface area (Å²) in [7, 11) is 0. The maximum Gasteiger partial charge on any atom is 0.322 e. The summed E-state index contributed by atoms with van der Waals surface area (Å²) < 4.78 is 4.87. The van der Waals surface area contributed by atoms with E-state index in [0.29, 0.717) is 23.9 Å². The van der Waals surface area contributed by atoms with Crippen molar-refractivity contribution in [1.29, 1.82) is 0 Å². The first-order valence-electron chi connectivity index (χ1n) is 6.92. The number of benzene rings is 1. The van der Waals surface area contributed by atoms with Crippen LogP contribution in [0, 0.1) is 0 Å². The van der Waals surface area contributed by atoms with Crippen molar-refractivity contribution in [3.63, 3.8) is 0 Å². The quantitative estimate of drug-likeness (QED) is 0.817. The number of carbonyl (C=O) groups excluding carboxylic acids is 2. The fourth-order valence-electron chi connectivity index (χ4n) is 1.77. The van der Waals surface area contributed by atoms with Gasteiger partial charge in [0.15, 0.2) is 0 Å². The minimum atomic E-state index is -0.303. The van der Waals surface area contributed by atoms with Gasteiger partial charge in [0.1, 0.15) is 0 Å². The van der Waals surface area contributed by atoms with Crippen molar-refractivity contribution in [2.75, 3.05) is 18.5 Å². The lowest BCUT2D eigenvalue weighted by molar-refractivity contribution is -0.143. The Morgan fingerprint density at radius 3 is 2.43 bits per heavy atom. The lowest BCUT2D eigenvalue weighted by Crippen LogP contribution is -2.41. The summed E-state index contributed by atoms with van der Waals surface area (Å²) in [5.41, 5.74) is 0.659. The van der Waals surface area contributed by atoms with Gasteiger partial charge in [-0.2, -0.15) is 0 Å². The number of ether oxygens (including phenoxy) is 1. The lowest BCUT2D eigenvalue weighted by atomic mass is 10.3. The molecular weight excluding hydrogens is 292 g/mol. The highest BCUT2D eigenvalue weighted by atomic mass is 35.5. The standard InChI is InChI=1S/C15H21ClN2O3/c1-4-21-14(19)9-10-18(11(2)3)15(20)17-13-7-5-12(16)6-8-13/h5-8,11H,4,9-10H2,1-3H3,(H,17,20). The Hall–Kier alpha value is -1.75. The normalized spacial score (nSPS) is 10.3. The van der Waals surface area contributed by atoms with Crippen LogP contribution in [0.15, 0.2) is 24.3 Å². The van der Waals surface area contributed by atoms with Gasteiger partial charge >= 0.3 is 12.0 Å². The SMILES string of the molecule is CCOC(=O)CCN(C(=O)Nc1ccc(Cl)cc1)C(C)C. The summed E-state index contributed by atoms with van der Waals surface area (Å²) in [4.78, 5) is 25.2. The van der Waals surface area contributed by atoms with Crippen molar-refractivity contribution in [3.05, 3.63) is 29.3 Å². The molecule has 1 rings (SSSR count). The number of urea groups is 1. The predicted molar refractivity (Wildman–Crippen MR) is 83.6 cm³/mol. The zero-order valence-electron chi connectivity index (χ0n) is 12.6. The zero-order chi connectivity index (χ0) is 15.8. The first-order valence-corrected chi connectivity index (χ1v) is 7.30. The van der Waals surface area contributed by atoms with Crippen LogP contribution in [-0.4, -0.2) is 36.1 Å². The average molecular weight is 313 g/mol. The van der Waals surface area contributed by atoms with Crippen LogP contribution < -0.4 is 5.32 Å². The van der Waals surface area contributed by atoms with E-state index in [0.717, 1.165) is 0 Å². The Morgan fingerprint density at radius 1 is 1.29 bits per heavy atom. The number of hydrogen-bond donors (Lipinski definition) is 1. The average Bonchev–Trinajstić information content (AvgIpc) is 2.41. The van der Waals surface area contributed by atoms with Gasteiger partial charge in [0.25, 0.3) is 0 Å². The van der Waals surface area contributed by atoms with E-state index in [2.05, 4.69) is 5.32 Å². The van der Waals surface area contributed by atoms with E-state index in [1.807, 2.05) is 13.8 Å². The highest BCUT2D eigenvalue weighted by molar-refractivity contribution is 6.30. The van der Waals surface area contributed by atoms with Gasteiger partial charge < -0.3 is 15.0 Å². The maximum absolute atomic E-state index is 12.2. The second kappa shape index (κ2) is 8.52. The molecule has 0 aliphatic heterocycles. The molecule has 5 nitrogen and oxygen atoms in total. The number of esters is 1. The molecule has 0 aliphatic carbocycles. The molecule has 0 aliphatic rings. The molecule has 1 N–H and O–H groups in total. The minimum absolute atomic E-state index is 0.0215. The molecule has 6 heteroatoms. The third kappa shape index (κ3) is 6.04. The van der Waals surface area contributed by atoms with Crippen LogP contribution in [0.1, 0.15) is 27.2 Å². The number of halogens is 1. The molecular formula is C15H21ClN2O3. The molecule has 0 saturated carbocycles. The fourth-order valence-corrected chi connectivity index (χ4v) is 1.89. The maximum atomic E-state index is 12.2. The second-order valence-electron chi connectivity index (χ2n) is 4.78. The molecule has 2 amide bonds. The number of amides is 2. The summed E-state index contributed by atoms with van der Waals surface area (Å²) in [6.07, 6.45) is 0.181. The molecule has 1 aromatic rings. The van der Waals surface area contributed by atoms with Crippen LogP contribution >= 0.6 is 11.6 Å². The fraction of sp³-hybridized carbons (Fsp3) is 0.467. The van der Waals surface area contributed by atoms with Crippen LogP contribution in [0.25, 0.3) is 0 Å². The summed E-state index contributed by atoms with van der Waals surface area (Å²) in [6.45, 7) is 6.21. The van der Waals surface area contributed by atoms with Crippen molar-refractivity contribution in [2.45, 2.75) is 33.2 Å². The third-order valence-electron chi connectivity index (χ3n) is 2.84. The van der Waals surface area contributed by atoms with Crippen molar-refractivity contribution in [3.8, 4) is 0 Å². The van der Waals surface area contributed by atoms with Gasteiger partial charge in [0, 0.05) is 23.3 Å².